The molecule has 1 unspecified atom stereocenters. The van der Waals surface area contributed by atoms with E-state index in [0.29, 0.717) is 14.9 Å². The predicted molar refractivity (Wildman–Crippen MR) is 148 cm³/mol. The summed E-state index contributed by atoms with van der Waals surface area (Å²) in [5.74, 6) is -1.87. The van der Waals surface area contributed by atoms with Gasteiger partial charge in [-0.2, -0.15) is 0 Å². The third kappa shape index (κ3) is 6.49. The van der Waals surface area contributed by atoms with Gasteiger partial charge in [-0.3, -0.25) is 14.4 Å². The van der Waals surface area contributed by atoms with E-state index >= 15 is 0 Å². The molecule has 3 aromatic carbocycles. The van der Waals surface area contributed by atoms with Crippen LogP contribution in [0.5, 0.6) is 0 Å². The number of nitrogens with one attached hydrogen (secondary N) is 1. The van der Waals surface area contributed by atoms with Crippen LogP contribution in [0, 0.1) is 0 Å². The third-order valence-corrected chi connectivity index (χ3v) is 8.22. The van der Waals surface area contributed by atoms with Crippen LogP contribution in [0.25, 0.3) is 0 Å². The van der Waals surface area contributed by atoms with Crippen molar-refractivity contribution < 1.29 is 22.8 Å². The number of carbonyl (C=O) groups is 3. The van der Waals surface area contributed by atoms with Crippen molar-refractivity contribution >= 4 is 39.3 Å². The summed E-state index contributed by atoms with van der Waals surface area (Å²) in [6, 6.07) is 20.9. The zero-order valence-corrected chi connectivity index (χ0v) is 23.5. The van der Waals surface area contributed by atoms with Gasteiger partial charge in [0.05, 0.1) is 5.56 Å². The summed E-state index contributed by atoms with van der Waals surface area (Å²) in [6.45, 7) is 4.73. The molecule has 0 bridgehead atoms. The Hall–Kier alpha value is -3.69. The van der Waals surface area contributed by atoms with Gasteiger partial charge in [0.1, 0.15) is 17.5 Å². The lowest BCUT2D eigenvalue weighted by atomic mass is 10.0. The van der Waals surface area contributed by atoms with Crippen LogP contribution < -0.4 is 5.32 Å². The van der Waals surface area contributed by atoms with Crippen molar-refractivity contribution in [1.29, 1.82) is 0 Å². The minimum absolute atomic E-state index is 0.0120. The van der Waals surface area contributed by atoms with E-state index in [-0.39, 0.29) is 23.4 Å². The summed E-state index contributed by atoms with van der Waals surface area (Å²) in [5.41, 5.74) is 0.884. The Kier molecular flexibility index (Phi) is 8.13. The normalized spacial score (nSPS) is 15.0. The fourth-order valence-corrected chi connectivity index (χ4v) is 6.17. The van der Waals surface area contributed by atoms with Crippen molar-refractivity contribution in [3.63, 3.8) is 0 Å². The molecule has 3 aromatic rings. The first-order valence-electron chi connectivity index (χ1n) is 12.4. The largest absolute Gasteiger partial charge is 0.350 e. The maximum atomic E-state index is 13.9. The second kappa shape index (κ2) is 11.2. The Morgan fingerprint density at radius 3 is 2.23 bits per heavy atom. The number of rotatable bonds is 8. The van der Waals surface area contributed by atoms with Gasteiger partial charge in [0.25, 0.3) is 15.9 Å². The predicted octanol–water partition coefficient (Wildman–Crippen LogP) is 4.04. The Balaban J connectivity index is 1.73. The van der Waals surface area contributed by atoms with Gasteiger partial charge in [-0.1, -0.05) is 66.2 Å². The Morgan fingerprint density at radius 2 is 1.59 bits per heavy atom. The van der Waals surface area contributed by atoms with E-state index in [9.17, 15) is 22.8 Å². The first kappa shape index (κ1) is 28.3. The summed E-state index contributed by atoms with van der Waals surface area (Å²) in [4.78, 5) is 41.8. The van der Waals surface area contributed by atoms with Crippen molar-refractivity contribution in [2.75, 3.05) is 6.54 Å². The molecule has 10 heteroatoms. The molecule has 1 heterocycles. The second-order valence-electron chi connectivity index (χ2n) is 10.4. The molecule has 1 atom stereocenters. The highest BCUT2D eigenvalue weighted by Crippen LogP contribution is 2.30. The zero-order valence-electron chi connectivity index (χ0n) is 21.9. The molecule has 0 saturated heterocycles. The monoisotopic (exact) mass is 567 g/mol. The number of hydrogen-bond acceptors (Lipinski definition) is 5. The lowest BCUT2D eigenvalue weighted by Gasteiger charge is -2.34. The number of halogens is 1. The van der Waals surface area contributed by atoms with Crippen LogP contribution >= 0.6 is 11.6 Å². The third-order valence-electron chi connectivity index (χ3n) is 6.20. The number of amides is 3. The molecule has 3 amide bonds. The molecule has 1 N–H and O–H groups in total. The second-order valence-corrected chi connectivity index (χ2v) is 12.7. The standard InChI is InChI=1S/C29H30ClN3O5S/c1-29(2,3)31-27(35)24(17-20-10-5-4-6-11-20)32(18-21-12-9-13-22(30)16-21)26(34)19-33-28(36)23-14-7-8-15-25(23)39(33,37)38/h4-16,24H,17-19H2,1-3H3,(H,31,35). The lowest BCUT2D eigenvalue weighted by molar-refractivity contribution is -0.141. The van der Waals surface area contributed by atoms with E-state index in [0.717, 1.165) is 5.56 Å². The number of carbonyl (C=O) groups excluding carboxylic acids is 3. The van der Waals surface area contributed by atoms with Crippen LogP contribution in [0.3, 0.4) is 0 Å². The number of fused-ring (bicyclic) bond motifs is 1. The van der Waals surface area contributed by atoms with E-state index in [4.69, 9.17) is 11.6 Å². The van der Waals surface area contributed by atoms with Gasteiger partial charge in [-0.15, -0.1) is 0 Å². The molecule has 0 saturated carbocycles. The average Bonchev–Trinajstić information content (AvgIpc) is 3.06. The van der Waals surface area contributed by atoms with Crippen molar-refractivity contribution in [3.8, 4) is 0 Å². The van der Waals surface area contributed by atoms with E-state index in [1.807, 2.05) is 51.1 Å². The van der Waals surface area contributed by atoms with Crippen molar-refractivity contribution in [3.05, 3.63) is 101 Å². The molecule has 1 aliphatic heterocycles. The van der Waals surface area contributed by atoms with Gasteiger partial charge < -0.3 is 10.2 Å². The molecular weight excluding hydrogens is 538 g/mol. The molecule has 1 aliphatic rings. The highest BCUT2D eigenvalue weighted by molar-refractivity contribution is 7.90. The fourth-order valence-electron chi connectivity index (χ4n) is 4.44. The average molecular weight is 568 g/mol. The Labute approximate surface area is 233 Å². The van der Waals surface area contributed by atoms with Crippen molar-refractivity contribution in [2.24, 2.45) is 0 Å². The number of nitrogens with zero attached hydrogens (tertiary/aromatic N) is 2. The summed E-state index contributed by atoms with van der Waals surface area (Å²) in [6.07, 6.45) is 0.177. The first-order valence-corrected chi connectivity index (χ1v) is 14.2. The molecule has 0 aromatic heterocycles. The van der Waals surface area contributed by atoms with Crippen LogP contribution in [0.1, 0.15) is 42.3 Å². The SMILES string of the molecule is CC(C)(C)NC(=O)C(Cc1ccccc1)N(Cc1cccc(Cl)c1)C(=O)CN1C(=O)c2ccccc2S1(=O)=O. The first-order chi connectivity index (χ1) is 18.4. The minimum atomic E-state index is -4.22. The minimum Gasteiger partial charge on any atom is -0.350 e. The smallest absolute Gasteiger partial charge is 0.269 e. The zero-order chi connectivity index (χ0) is 28.4. The summed E-state index contributed by atoms with van der Waals surface area (Å²) < 4.78 is 26.9. The van der Waals surface area contributed by atoms with Gasteiger partial charge in [-0.05, 0) is 56.2 Å². The maximum Gasteiger partial charge on any atom is 0.269 e. The molecular formula is C29H30ClN3O5S. The van der Waals surface area contributed by atoms with E-state index in [2.05, 4.69) is 5.32 Å². The van der Waals surface area contributed by atoms with E-state index in [1.54, 1.807) is 30.3 Å². The summed E-state index contributed by atoms with van der Waals surface area (Å²) in [5, 5.41) is 3.40. The van der Waals surface area contributed by atoms with Crippen molar-refractivity contribution in [1.82, 2.24) is 14.5 Å². The highest BCUT2D eigenvalue weighted by atomic mass is 35.5. The quantitative estimate of drug-likeness (QED) is 0.442. The highest BCUT2D eigenvalue weighted by Gasteiger charge is 2.43. The molecule has 8 nitrogen and oxygen atoms in total. The fraction of sp³-hybridized carbons (Fsp3) is 0.276. The van der Waals surface area contributed by atoms with E-state index < -0.39 is 45.9 Å². The maximum absolute atomic E-state index is 13.9. The van der Waals surface area contributed by atoms with E-state index in [1.165, 1.54) is 23.1 Å². The van der Waals surface area contributed by atoms with Crippen LogP contribution in [0.15, 0.2) is 83.8 Å². The molecule has 0 aliphatic carbocycles. The summed E-state index contributed by atoms with van der Waals surface area (Å²) in [7, 11) is -4.22. The van der Waals surface area contributed by atoms with Gasteiger partial charge in [0, 0.05) is 23.5 Å². The molecule has 0 spiro atoms. The lowest BCUT2D eigenvalue weighted by Crippen LogP contribution is -2.56. The number of hydrogen-bond donors (Lipinski definition) is 1. The van der Waals surface area contributed by atoms with Crippen LogP contribution in [0.2, 0.25) is 5.02 Å². The Morgan fingerprint density at radius 1 is 0.949 bits per heavy atom. The molecule has 4 rings (SSSR count). The summed E-state index contributed by atoms with van der Waals surface area (Å²) >= 11 is 6.20. The molecule has 39 heavy (non-hydrogen) atoms. The van der Waals surface area contributed by atoms with Gasteiger partial charge >= 0.3 is 0 Å². The number of sulfonamides is 1. The topological polar surface area (TPSA) is 104 Å². The van der Waals surface area contributed by atoms with Crippen molar-refractivity contribution in [2.45, 2.75) is 50.2 Å². The Bertz CT molecular complexity index is 1500. The van der Waals surface area contributed by atoms with Gasteiger partial charge in [0.15, 0.2) is 0 Å². The van der Waals surface area contributed by atoms with Crippen LogP contribution in [-0.2, 0) is 32.6 Å². The molecule has 0 fully saturated rings. The van der Waals surface area contributed by atoms with Crippen LogP contribution in [-0.4, -0.2) is 53.5 Å². The molecule has 204 valence electrons. The van der Waals surface area contributed by atoms with Gasteiger partial charge in [0.2, 0.25) is 11.8 Å². The number of benzene rings is 3. The van der Waals surface area contributed by atoms with Gasteiger partial charge in [-0.25, -0.2) is 12.7 Å². The molecule has 0 radical (unpaired) electrons. The van der Waals surface area contributed by atoms with Crippen LogP contribution in [0.4, 0.5) is 0 Å².